The van der Waals surface area contributed by atoms with Crippen molar-refractivity contribution in [1.82, 2.24) is 10.2 Å². The normalized spacial score (nSPS) is 15.6. The zero-order chi connectivity index (χ0) is 17.7. The number of benzene rings is 2. The van der Waals surface area contributed by atoms with Crippen molar-refractivity contribution in [2.45, 2.75) is 18.5 Å². The van der Waals surface area contributed by atoms with Crippen LogP contribution < -0.4 is 5.32 Å². The largest absolute Gasteiger partial charge is 0.416 e. The van der Waals surface area contributed by atoms with E-state index in [1.165, 1.54) is 17.7 Å². The van der Waals surface area contributed by atoms with Crippen LogP contribution in [0.5, 0.6) is 0 Å². The first kappa shape index (κ1) is 17.8. The van der Waals surface area contributed by atoms with Crippen molar-refractivity contribution in [1.29, 1.82) is 0 Å². The lowest BCUT2D eigenvalue weighted by atomic mass is 10.1. The van der Waals surface area contributed by atoms with Crippen LogP contribution in [0.1, 0.15) is 16.7 Å². The van der Waals surface area contributed by atoms with Gasteiger partial charge in [-0.15, -0.1) is 0 Å². The molecule has 3 rings (SSSR count). The van der Waals surface area contributed by atoms with Crippen molar-refractivity contribution in [2.24, 2.45) is 4.99 Å². The van der Waals surface area contributed by atoms with E-state index in [0.29, 0.717) is 19.9 Å². The summed E-state index contributed by atoms with van der Waals surface area (Å²) in [6.45, 7) is 1.72. The summed E-state index contributed by atoms with van der Waals surface area (Å²) in [7, 11) is 0. The molecule has 1 N–H and O–H groups in total. The number of alkyl halides is 3. The minimum absolute atomic E-state index is 0.533. The summed E-state index contributed by atoms with van der Waals surface area (Å²) in [5.74, 6) is 0.853. The van der Waals surface area contributed by atoms with E-state index in [4.69, 9.17) is 0 Å². The second kappa shape index (κ2) is 7.93. The molecule has 2 aromatic rings. The smallest absolute Gasteiger partial charge is 0.352 e. The zero-order valence-electron chi connectivity index (χ0n) is 13.5. The summed E-state index contributed by atoms with van der Waals surface area (Å²) in [4.78, 5) is 6.53. The summed E-state index contributed by atoms with van der Waals surface area (Å²) >= 11 is 1.65. The standard InChI is InChI=1S/C18H18F3N3S/c19-18(20,21)16-8-6-14(7-9-16)10-24-12-22-17(23-13-24)25-11-15-4-2-1-3-5-15/h1-9H,10-13H2,(H,22,23). The Balaban J connectivity index is 1.49. The second-order valence-corrected chi connectivity index (χ2v) is 6.70. The molecule has 25 heavy (non-hydrogen) atoms. The van der Waals surface area contributed by atoms with Gasteiger partial charge in [0.15, 0.2) is 5.17 Å². The highest BCUT2D eigenvalue weighted by molar-refractivity contribution is 8.13. The first-order chi connectivity index (χ1) is 12.0. The van der Waals surface area contributed by atoms with Gasteiger partial charge in [-0.05, 0) is 23.3 Å². The summed E-state index contributed by atoms with van der Waals surface area (Å²) in [6, 6.07) is 15.5. The van der Waals surface area contributed by atoms with Gasteiger partial charge >= 0.3 is 6.18 Å². The maximum atomic E-state index is 12.6. The topological polar surface area (TPSA) is 27.6 Å². The van der Waals surface area contributed by atoms with E-state index in [9.17, 15) is 13.2 Å². The average Bonchev–Trinajstić information content (AvgIpc) is 2.62. The molecule has 2 aromatic carbocycles. The number of hydrogen-bond donors (Lipinski definition) is 1. The minimum atomic E-state index is -4.29. The molecule has 0 bridgehead atoms. The molecule has 0 saturated carbocycles. The highest BCUT2D eigenvalue weighted by atomic mass is 32.2. The Morgan fingerprint density at radius 1 is 1.00 bits per heavy atom. The molecule has 0 atom stereocenters. The van der Waals surface area contributed by atoms with Gasteiger partial charge in [-0.3, -0.25) is 4.90 Å². The van der Waals surface area contributed by atoms with E-state index in [1.54, 1.807) is 11.8 Å². The molecule has 0 saturated heterocycles. The van der Waals surface area contributed by atoms with Gasteiger partial charge in [0.1, 0.15) is 0 Å². The Hall–Kier alpha value is -1.99. The maximum Gasteiger partial charge on any atom is 0.416 e. The van der Waals surface area contributed by atoms with Gasteiger partial charge in [-0.2, -0.15) is 13.2 Å². The van der Waals surface area contributed by atoms with Crippen LogP contribution in [0, 0.1) is 0 Å². The molecule has 0 radical (unpaired) electrons. The number of hydrogen-bond acceptors (Lipinski definition) is 4. The molecule has 132 valence electrons. The fraction of sp³-hybridized carbons (Fsp3) is 0.278. The molecule has 0 amide bonds. The molecule has 1 aliphatic heterocycles. The summed E-state index contributed by atoms with van der Waals surface area (Å²) in [5, 5.41) is 4.15. The van der Waals surface area contributed by atoms with Crippen LogP contribution in [0.3, 0.4) is 0 Å². The van der Waals surface area contributed by atoms with Crippen LogP contribution in [0.4, 0.5) is 13.2 Å². The van der Waals surface area contributed by atoms with E-state index in [-0.39, 0.29) is 0 Å². The minimum Gasteiger partial charge on any atom is -0.352 e. The predicted octanol–water partition coefficient (Wildman–Crippen LogP) is 4.32. The molecule has 0 fully saturated rings. The Bertz CT molecular complexity index is 715. The number of nitrogens with one attached hydrogen (secondary N) is 1. The van der Waals surface area contributed by atoms with Crippen LogP contribution in [-0.4, -0.2) is 23.4 Å². The monoisotopic (exact) mass is 365 g/mol. The highest BCUT2D eigenvalue weighted by Crippen LogP contribution is 2.29. The van der Waals surface area contributed by atoms with Gasteiger partial charge in [0.25, 0.3) is 0 Å². The third kappa shape index (κ3) is 5.24. The van der Waals surface area contributed by atoms with E-state index < -0.39 is 11.7 Å². The van der Waals surface area contributed by atoms with Crippen molar-refractivity contribution in [3.05, 3.63) is 71.3 Å². The lowest BCUT2D eigenvalue weighted by Crippen LogP contribution is -2.41. The average molecular weight is 365 g/mol. The van der Waals surface area contributed by atoms with Crippen LogP contribution >= 0.6 is 11.8 Å². The Kier molecular flexibility index (Phi) is 5.65. The number of halogens is 3. The van der Waals surface area contributed by atoms with E-state index in [2.05, 4.69) is 22.4 Å². The van der Waals surface area contributed by atoms with Gasteiger partial charge in [-0.1, -0.05) is 54.2 Å². The highest BCUT2D eigenvalue weighted by Gasteiger charge is 2.30. The molecule has 0 aromatic heterocycles. The number of amidine groups is 1. The van der Waals surface area contributed by atoms with Gasteiger partial charge in [-0.25, -0.2) is 4.99 Å². The Morgan fingerprint density at radius 3 is 2.32 bits per heavy atom. The summed E-state index contributed by atoms with van der Waals surface area (Å²) < 4.78 is 37.7. The fourth-order valence-corrected chi connectivity index (χ4v) is 3.25. The third-order valence-corrected chi connectivity index (χ3v) is 4.80. The van der Waals surface area contributed by atoms with Crippen molar-refractivity contribution in [3.63, 3.8) is 0 Å². The SMILES string of the molecule is FC(F)(F)c1ccc(CN2CN=C(SCc3ccccc3)NC2)cc1. The van der Waals surface area contributed by atoms with Crippen LogP contribution in [0.15, 0.2) is 59.6 Å². The molecule has 0 aliphatic carbocycles. The number of thioether (sulfide) groups is 1. The molecule has 1 aliphatic rings. The maximum absolute atomic E-state index is 12.6. The second-order valence-electron chi connectivity index (χ2n) is 5.74. The lowest BCUT2D eigenvalue weighted by molar-refractivity contribution is -0.137. The Labute approximate surface area is 148 Å². The van der Waals surface area contributed by atoms with Crippen molar-refractivity contribution >= 4 is 16.9 Å². The molecule has 3 nitrogen and oxygen atoms in total. The van der Waals surface area contributed by atoms with E-state index in [1.807, 2.05) is 23.1 Å². The number of rotatable bonds is 4. The number of aliphatic imine (C=N–C) groups is 1. The molecule has 1 heterocycles. The van der Waals surface area contributed by atoms with Crippen molar-refractivity contribution in [2.75, 3.05) is 13.3 Å². The number of nitrogens with zero attached hydrogens (tertiary/aromatic N) is 2. The van der Waals surface area contributed by atoms with Crippen molar-refractivity contribution in [3.8, 4) is 0 Å². The third-order valence-electron chi connectivity index (χ3n) is 3.77. The molecule has 0 unspecified atom stereocenters. The van der Waals surface area contributed by atoms with Crippen LogP contribution in [0.25, 0.3) is 0 Å². The Morgan fingerprint density at radius 2 is 1.72 bits per heavy atom. The van der Waals surface area contributed by atoms with Crippen LogP contribution in [-0.2, 0) is 18.5 Å². The molecule has 0 spiro atoms. The van der Waals surface area contributed by atoms with Gasteiger partial charge in [0, 0.05) is 12.3 Å². The van der Waals surface area contributed by atoms with E-state index in [0.717, 1.165) is 28.6 Å². The summed E-state index contributed by atoms with van der Waals surface area (Å²) in [5.41, 5.74) is 1.46. The van der Waals surface area contributed by atoms with Gasteiger partial charge in [0.2, 0.25) is 0 Å². The first-order valence-electron chi connectivity index (χ1n) is 7.84. The predicted molar refractivity (Wildman–Crippen MR) is 95.0 cm³/mol. The quantitative estimate of drug-likeness (QED) is 0.875. The van der Waals surface area contributed by atoms with Gasteiger partial charge < -0.3 is 5.32 Å². The zero-order valence-corrected chi connectivity index (χ0v) is 14.3. The first-order valence-corrected chi connectivity index (χ1v) is 8.83. The van der Waals surface area contributed by atoms with Crippen molar-refractivity contribution < 1.29 is 13.2 Å². The molecular weight excluding hydrogens is 347 g/mol. The summed E-state index contributed by atoms with van der Waals surface area (Å²) in [6.07, 6.45) is -4.29. The van der Waals surface area contributed by atoms with Gasteiger partial charge in [0.05, 0.1) is 18.9 Å². The molecule has 7 heteroatoms. The lowest BCUT2D eigenvalue weighted by Gasteiger charge is -2.26. The molecular formula is C18H18F3N3S. The fourth-order valence-electron chi connectivity index (χ4n) is 2.44. The van der Waals surface area contributed by atoms with Crippen LogP contribution in [0.2, 0.25) is 0 Å². The van der Waals surface area contributed by atoms with E-state index >= 15 is 0 Å².